The van der Waals surface area contributed by atoms with Crippen molar-refractivity contribution in [1.29, 1.82) is 0 Å². The van der Waals surface area contributed by atoms with Gasteiger partial charge in [-0.3, -0.25) is 0 Å². The van der Waals surface area contributed by atoms with Crippen LogP contribution in [-0.2, 0) is 13.0 Å². The molecule has 0 saturated carbocycles. The number of likely N-dealkylation sites (N-methyl/N-ethyl adjacent to an activating group) is 1. The first-order valence-electron chi connectivity index (χ1n) is 7.90. The Morgan fingerprint density at radius 2 is 1.52 bits per heavy atom. The van der Waals surface area contributed by atoms with Gasteiger partial charge < -0.3 is 15.5 Å². The van der Waals surface area contributed by atoms with Gasteiger partial charge in [-0.05, 0) is 31.6 Å². The monoisotopic (exact) mass is 311 g/mol. The standard InChI is InChI=1S/C19H25N3O/c1-22(2)15-18(13-16-9-5-3-6-10-16)21-19(23)20-14-17-11-7-4-8-12-17/h3-12,18H,13-15H2,1-2H3,(H2,20,21,23). The Kier molecular flexibility index (Phi) is 6.63. The lowest BCUT2D eigenvalue weighted by Gasteiger charge is -2.22. The summed E-state index contributed by atoms with van der Waals surface area (Å²) in [6.07, 6.45) is 0.817. The van der Waals surface area contributed by atoms with Crippen LogP contribution in [0.3, 0.4) is 0 Å². The molecule has 0 radical (unpaired) electrons. The van der Waals surface area contributed by atoms with Crippen LogP contribution in [0.1, 0.15) is 11.1 Å². The molecule has 2 N–H and O–H groups in total. The van der Waals surface area contributed by atoms with E-state index < -0.39 is 0 Å². The van der Waals surface area contributed by atoms with Gasteiger partial charge in [0.1, 0.15) is 0 Å². The first-order valence-corrected chi connectivity index (χ1v) is 7.90. The van der Waals surface area contributed by atoms with E-state index in [0.717, 1.165) is 18.5 Å². The van der Waals surface area contributed by atoms with Gasteiger partial charge in [0.2, 0.25) is 0 Å². The van der Waals surface area contributed by atoms with Crippen molar-refractivity contribution in [3.8, 4) is 0 Å². The van der Waals surface area contributed by atoms with E-state index in [1.165, 1.54) is 5.56 Å². The van der Waals surface area contributed by atoms with Crippen molar-refractivity contribution in [2.45, 2.75) is 19.0 Å². The highest BCUT2D eigenvalue weighted by Gasteiger charge is 2.13. The second-order valence-corrected chi connectivity index (χ2v) is 5.96. The quantitative estimate of drug-likeness (QED) is 0.826. The molecule has 2 aromatic rings. The van der Waals surface area contributed by atoms with Crippen molar-refractivity contribution in [2.75, 3.05) is 20.6 Å². The van der Waals surface area contributed by atoms with Crippen LogP contribution in [0.2, 0.25) is 0 Å². The molecule has 0 spiro atoms. The fourth-order valence-corrected chi connectivity index (χ4v) is 2.52. The Balaban J connectivity index is 1.87. The van der Waals surface area contributed by atoms with Gasteiger partial charge in [-0.15, -0.1) is 0 Å². The van der Waals surface area contributed by atoms with Crippen LogP contribution in [0, 0.1) is 0 Å². The average molecular weight is 311 g/mol. The largest absolute Gasteiger partial charge is 0.334 e. The van der Waals surface area contributed by atoms with Gasteiger partial charge in [0.25, 0.3) is 0 Å². The van der Waals surface area contributed by atoms with E-state index in [4.69, 9.17) is 0 Å². The molecule has 4 nitrogen and oxygen atoms in total. The van der Waals surface area contributed by atoms with Gasteiger partial charge in [0, 0.05) is 19.1 Å². The molecule has 0 aliphatic carbocycles. The molecule has 0 aliphatic rings. The van der Waals surface area contributed by atoms with Gasteiger partial charge in [-0.1, -0.05) is 60.7 Å². The van der Waals surface area contributed by atoms with Crippen molar-refractivity contribution < 1.29 is 4.79 Å². The van der Waals surface area contributed by atoms with Gasteiger partial charge in [0.15, 0.2) is 0 Å². The van der Waals surface area contributed by atoms with Gasteiger partial charge >= 0.3 is 6.03 Å². The predicted molar refractivity (Wildman–Crippen MR) is 94.3 cm³/mol. The Morgan fingerprint density at radius 3 is 2.09 bits per heavy atom. The number of carbonyl (C=O) groups is 1. The molecule has 23 heavy (non-hydrogen) atoms. The Labute approximate surface area is 138 Å². The third kappa shape index (κ3) is 6.53. The summed E-state index contributed by atoms with van der Waals surface area (Å²) in [5.41, 5.74) is 2.32. The third-order valence-corrected chi connectivity index (χ3v) is 3.54. The van der Waals surface area contributed by atoms with E-state index in [-0.39, 0.29) is 12.1 Å². The van der Waals surface area contributed by atoms with E-state index >= 15 is 0 Å². The molecule has 0 bridgehead atoms. The first-order chi connectivity index (χ1) is 11.1. The summed E-state index contributed by atoms with van der Waals surface area (Å²) < 4.78 is 0. The molecule has 122 valence electrons. The molecule has 4 heteroatoms. The van der Waals surface area contributed by atoms with Crippen LogP contribution in [0.4, 0.5) is 4.79 Å². The molecule has 1 atom stereocenters. The lowest BCUT2D eigenvalue weighted by Crippen LogP contribution is -2.47. The molecule has 0 aliphatic heterocycles. The lowest BCUT2D eigenvalue weighted by molar-refractivity contribution is 0.232. The Hall–Kier alpha value is -2.33. The molecular formula is C19H25N3O. The number of urea groups is 1. The zero-order valence-corrected chi connectivity index (χ0v) is 13.8. The second kappa shape index (κ2) is 8.96. The number of hydrogen-bond donors (Lipinski definition) is 2. The SMILES string of the molecule is CN(C)CC(Cc1ccccc1)NC(=O)NCc1ccccc1. The van der Waals surface area contributed by atoms with Crippen LogP contribution in [0.25, 0.3) is 0 Å². The van der Waals surface area contributed by atoms with Crippen LogP contribution >= 0.6 is 0 Å². The molecule has 2 amide bonds. The number of carbonyl (C=O) groups excluding carboxylic acids is 1. The minimum atomic E-state index is -0.128. The smallest absolute Gasteiger partial charge is 0.315 e. The maximum atomic E-state index is 12.2. The van der Waals surface area contributed by atoms with Crippen molar-refractivity contribution in [2.24, 2.45) is 0 Å². The van der Waals surface area contributed by atoms with Gasteiger partial charge in [-0.2, -0.15) is 0 Å². The molecule has 0 saturated heterocycles. The van der Waals surface area contributed by atoms with Crippen molar-refractivity contribution in [3.05, 3.63) is 71.8 Å². The summed E-state index contributed by atoms with van der Waals surface area (Å²) in [4.78, 5) is 14.2. The molecule has 2 aromatic carbocycles. The molecule has 0 aromatic heterocycles. The van der Waals surface area contributed by atoms with Crippen LogP contribution in [0.15, 0.2) is 60.7 Å². The fraction of sp³-hybridized carbons (Fsp3) is 0.316. The van der Waals surface area contributed by atoms with E-state index in [9.17, 15) is 4.79 Å². The molecule has 1 unspecified atom stereocenters. The third-order valence-electron chi connectivity index (χ3n) is 3.54. The zero-order valence-electron chi connectivity index (χ0n) is 13.8. The van der Waals surface area contributed by atoms with E-state index in [1.807, 2.05) is 62.6 Å². The maximum absolute atomic E-state index is 12.2. The fourth-order valence-electron chi connectivity index (χ4n) is 2.52. The topological polar surface area (TPSA) is 44.4 Å². The number of benzene rings is 2. The van der Waals surface area contributed by atoms with Gasteiger partial charge in [0.05, 0.1) is 0 Å². The highest BCUT2D eigenvalue weighted by molar-refractivity contribution is 5.74. The van der Waals surface area contributed by atoms with E-state index in [2.05, 4.69) is 27.7 Å². The summed E-state index contributed by atoms with van der Waals surface area (Å²) in [6.45, 7) is 1.33. The predicted octanol–water partition coefficient (Wildman–Crippen LogP) is 2.66. The lowest BCUT2D eigenvalue weighted by atomic mass is 10.1. The summed E-state index contributed by atoms with van der Waals surface area (Å²) in [6, 6.07) is 20.1. The van der Waals surface area contributed by atoms with Crippen molar-refractivity contribution in [1.82, 2.24) is 15.5 Å². The highest BCUT2D eigenvalue weighted by Crippen LogP contribution is 2.04. The van der Waals surface area contributed by atoms with Crippen LogP contribution in [-0.4, -0.2) is 37.6 Å². The van der Waals surface area contributed by atoms with Crippen molar-refractivity contribution >= 4 is 6.03 Å². The van der Waals surface area contributed by atoms with E-state index in [1.54, 1.807) is 0 Å². The number of rotatable bonds is 7. The molecule has 0 heterocycles. The normalized spacial score (nSPS) is 12.0. The second-order valence-electron chi connectivity index (χ2n) is 5.96. The van der Waals surface area contributed by atoms with Crippen molar-refractivity contribution in [3.63, 3.8) is 0 Å². The Morgan fingerprint density at radius 1 is 0.957 bits per heavy atom. The highest BCUT2D eigenvalue weighted by atomic mass is 16.2. The number of nitrogens with one attached hydrogen (secondary N) is 2. The average Bonchev–Trinajstić information content (AvgIpc) is 2.54. The molecular weight excluding hydrogens is 286 g/mol. The summed E-state index contributed by atoms with van der Waals surface area (Å²) in [5.74, 6) is 0. The minimum Gasteiger partial charge on any atom is -0.334 e. The summed E-state index contributed by atoms with van der Waals surface area (Å²) in [5, 5.41) is 6.00. The summed E-state index contributed by atoms with van der Waals surface area (Å²) >= 11 is 0. The van der Waals surface area contributed by atoms with E-state index in [0.29, 0.717) is 6.54 Å². The maximum Gasteiger partial charge on any atom is 0.315 e. The van der Waals surface area contributed by atoms with Crippen LogP contribution < -0.4 is 10.6 Å². The van der Waals surface area contributed by atoms with Gasteiger partial charge in [-0.25, -0.2) is 4.79 Å². The summed E-state index contributed by atoms with van der Waals surface area (Å²) in [7, 11) is 4.03. The number of amides is 2. The number of nitrogens with zero attached hydrogens (tertiary/aromatic N) is 1. The zero-order chi connectivity index (χ0) is 16.5. The molecule has 0 fully saturated rings. The van der Waals surface area contributed by atoms with Crippen LogP contribution in [0.5, 0.6) is 0 Å². The number of hydrogen-bond acceptors (Lipinski definition) is 2. The molecule has 2 rings (SSSR count). The minimum absolute atomic E-state index is 0.0724. The first kappa shape index (κ1) is 17.0. The Bertz CT molecular complexity index is 584.